The number of hydrogen-bond acceptors (Lipinski definition) is 3. The largest absolute Gasteiger partial charge is 0.399 e. The Balaban J connectivity index is 2.79. The monoisotopic (exact) mass is 236 g/mol. The molecule has 0 saturated carbocycles. The van der Waals surface area contributed by atoms with Gasteiger partial charge in [0, 0.05) is 11.3 Å². The van der Waals surface area contributed by atoms with Gasteiger partial charge in [-0.1, -0.05) is 13.8 Å². The lowest BCUT2D eigenvalue weighted by molar-refractivity contribution is 0.0897. The van der Waals surface area contributed by atoms with E-state index in [1.807, 2.05) is 20.8 Å². The van der Waals surface area contributed by atoms with Crippen LogP contribution in [-0.4, -0.2) is 23.7 Å². The molecule has 0 saturated heterocycles. The van der Waals surface area contributed by atoms with Crippen LogP contribution in [0.5, 0.6) is 0 Å². The molecule has 4 N–H and O–H groups in total. The Morgan fingerprint density at radius 1 is 1.47 bits per heavy atom. The minimum absolute atomic E-state index is 0.0582. The number of aliphatic hydroxyl groups excluding tert-OH is 1. The van der Waals surface area contributed by atoms with Crippen molar-refractivity contribution in [2.75, 3.05) is 12.3 Å². The molecule has 94 valence electrons. The number of hydrogen-bond donors (Lipinski definition) is 3. The molecule has 1 amide bonds. The Morgan fingerprint density at radius 2 is 2.12 bits per heavy atom. The van der Waals surface area contributed by atoms with Crippen LogP contribution >= 0.6 is 0 Å². The highest BCUT2D eigenvalue weighted by Gasteiger charge is 2.16. The van der Waals surface area contributed by atoms with Gasteiger partial charge in [0.05, 0.1) is 12.6 Å². The normalized spacial score (nSPS) is 12.5. The zero-order chi connectivity index (χ0) is 13.0. The number of nitrogen functional groups attached to an aromatic ring is 1. The van der Waals surface area contributed by atoms with Crippen molar-refractivity contribution in [2.24, 2.45) is 5.92 Å². The lowest BCUT2D eigenvalue weighted by atomic mass is 10.0. The van der Waals surface area contributed by atoms with Gasteiger partial charge in [-0.25, -0.2) is 0 Å². The summed E-state index contributed by atoms with van der Waals surface area (Å²) in [5.74, 6) is 0.0136. The zero-order valence-corrected chi connectivity index (χ0v) is 10.5. The van der Waals surface area contributed by atoms with Gasteiger partial charge in [-0.05, 0) is 36.6 Å². The fourth-order valence-corrected chi connectivity index (χ4v) is 1.49. The molecule has 0 radical (unpaired) electrons. The summed E-state index contributed by atoms with van der Waals surface area (Å²) in [6, 6.07) is 4.93. The first kappa shape index (κ1) is 13.5. The maximum absolute atomic E-state index is 11.9. The number of aryl methyl sites for hydroxylation is 1. The van der Waals surface area contributed by atoms with E-state index in [9.17, 15) is 4.79 Å². The Labute approximate surface area is 102 Å². The van der Waals surface area contributed by atoms with E-state index in [-0.39, 0.29) is 24.5 Å². The third-order valence-corrected chi connectivity index (χ3v) is 2.85. The van der Waals surface area contributed by atoms with Crippen molar-refractivity contribution in [3.8, 4) is 0 Å². The highest BCUT2D eigenvalue weighted by Crippen LogP contribution is 2.13. The Morgan fingerprint density at radius 3 is 2.59 bits per heavy atom. The van der Waals surface area contributed by atoms with E-state index in [2.05, 4.69) is 5.32 Å². The van der Waals surface area contributed by atoms with Crippen LogP contribution in [0.3, 0.4) is 0 Å². The molecular weight excluding hydrogens is 216 g/mol. The molecule has 1 atom stereocenters. The fourth-order valence-electron chi connectivity index (χ4n) is 1.49. The van der Waals surface area contributed by atoms with E-state index in [4.69, 9.17) is 10.8 Å². The Hall–Kier alpha value is -1.55. The molecule has 1 unspecified atom stereocenters. The van der Waals surface area contributed by atoms with Crippen LogP contribution < -0.4 is 11.1 Å². The highest BCUT2D eigenvalue weighted by molar-refractivity contribution is 5.95. The first-order valence-electron chi connectivity index (χ1n) is 5.73. The SMILES string of the molecule is Cc1cc(C(=O)NC(CO)C(C)C)ccc1N. The number of carbonyl (C=O) groups is 1. The van der Waals surface area contributed by atoms with E-state index in [1.165, 1.54) is 0 Å². The van der Waals surface area contributed by atoms with Gasteiger partial charge in [0.25, 0.3) is 5.91 Å². The molecule has 1 rings (SSSR count). The number of benzene rings is 1. The summed E-state index contributed by atoms with van der Waals surface area (Å²) in [5, 5.41) is 12.0. The molecule has 4 heteroatoms. The van der Waals surface area contributed by atoms with Crippen LogP contribution in [0.15, 0.2) is 18.2 Å². The van der Waals surface area contributed by atoms with Crippen LogP contribution in [0.1, 0.15) is 29.8 Å². The second-order valence-corrected chi connectivity index (χ2v) is 4.58. The first-order valence-corrected chi connectivity index (χ1v) is 5.73. The van der Waals surface area contributed by atoms with Gasteiger partial charge in [0.15, 0.2) is 0 Å². The van der Waals surface area contributed by atoms with Crippen LogP contribution in [0.4, 0.5) is 5.69 Å². The number of amides is 1. The second-order valence-electron chi connectivity index (χ2n) is 4.58. The smallest absolute Gasteiger partial charge is 0.251 e. The topological polar surface area (TPSA) is 75.3 Å². The fraction of sp³-hybridized carbons (Fsp3) is 0.462. The standard InChI is InChI=1S/C13H20N2O2/c1-8(2)12(7-16)15-13(17)10-4-5-11(14)9(3)6-10/h4-6,8,12,16H,7,14H2,1-3H3,(H,15,17). The molecule has 1 aromatic carbocycles. The van der Waals surface area contributed by atoms with E-state index in [0.29, 0.717) is 11.3 Å². The quantitative estimate of drug-likeness (QED) is 0.690. The molecule has 0 aliphatic carbocycles. The second kappa shape index (κ2) is 5.68. The van der Waals surface area contributed by atoms with Crippen molar-refractivity contribution in [2.45, 2.75) is 26.8 Å². The van der Waals surface area contributed by atoms with Gasteiger partial charge >= 0.3 is 0 Å². The van der Waals surface area contributed by atoms with Crippen LogP contribution in [0.2, 0.25) is 0 Å². The van der Waals surface area contributed by atoms with Crippen molar-refractivity contribution >= 4 is 11.6 Å². The van der Waals surface area contributed by atoms with E-state index in [0.717, 1.165) is 5.56 Å². The average molecular weight is 236 g/mol. The van der Waals surface area contributed by atoms with Crippen molar-refractivity contribution in [3.63, 3.8) is 0 Å². The van der Waals surface area contributed by atoms with Gasteiger partial charge in [-0.2, -0.15) is 0 Å². The molecule has 0 aliphatic rings. The summed E-state index contributed by atoms with van der Waals surface area (Å²) >= 11 is 0. The molecule has 1 aromatic rings. The van der Waals surface area contributed by atoms with Crippen LogP contribution in [0.25, 0.3) is 0 Å². The minimum Gasteiger partial charge on any atom is -0.399 e. The van der Waals surface area contributed by atoms with Crippen molar-refractivity contribution < 1.29 is 9.90 Å². The number of rotatable bonds is 4. The number of nitrogens with two attached hydrogens (primary N) is 1. The van der Waals surface area contributed by atoms with Crippen molar-refractivity contribution in [1.82, 2.24) is 5.32 Å². The van der Waals surface area contributed by atoms with Gasteiger partial charge < -0.3 is 16.2 Å². The summed E-state index contributed by atoms with van der Waals surface area (Å²) in [5.41, 5.74) is 7.81. The average Bonchev–Trinajstić information content (AvgIpc) is 2.28. The predicted molar refractivity (Wildman–Crippen MR) is 68.8 cm³/mol. The predicted octanol–water partition coefficient (Wildman–Crippen LogP) is 1.32. The Bertz CT molecular complexity index is 402. The highest BCUT2D eigenvalue weighted by atomic mass is 16.3. The molecule has 17 heavy (non-hydrogen) atoms. The summed E-state index contributed by atoms with van der Waals surface area (Å²) in [4.78, 5) is 11.9. The minimum atomic E-state index is -0.222. The molecule has 0 aliphatic heterocycles. The van der Waals surface area contributed by atoms with Gasteiger partial charge in [0.1, 0.15) is 0 Å². The van der Waals surface area contributed by atoms with E-state index < -0.39 is 0 Å². The van der Waals surface area contributed by atoms with Gasteiger partial charge in [0.2, 0.25) is 0 Å². The maximum Gasteiger partial charge on any atom is 0.251 e. The number of nitrogens with one attached hydrogen (secondary N) is 1. The van der Waals surface area contributed by atoms with Crippen LogP contribution in [0, 0.1) is 12.8 Å². The molecule has 0 spiro atoms. The lowest BCUT2D eigenvalue weighted by Gasteiger charge is -2.20. The molecule has 0 bridgehead atoms. The van der Waals surface area contributed by atoms with Crippen molar-refractivity contribution in [1.29, 1.82) is 0 Å². The number of aliphatic hydroxyl groups is 1. The Kier molecular flexibility index (Phi) is 4.52. The zero-order valence-electron chi connectivity index (χ0n) is 10.5. The van der Waals surface area contributed by atoms with Crippen molar-refractivity contribution in [3.05, 3.63) is 29.3 Å². The van der Waals surface area contributed by atoms with Gasteiger partial charge in [-0.15, -0.1) is 0 Å². The maximum atomic E-state index is 11.9. The molecule has 4 nitrogen and oxygen atoms in total. The molecule has 0 fully saturated rings. The molecule has 0 aromatic heterocycles. The third-order valence-electron chi connectivity index (χ3n) is 2.85. The van der Waals surface area contributed by atoms with E-state index >= 15 is 0 Å². The van der Waals surface area contributed by atoms with Crippen LogP contribution in [-0.2, 0) is 0 Å². The molecule has 0 heterocycles. The molecular formula is C13H20N2O2. The number of anilines is 1. The van der Waals surface area contributed by atoms with E-state index in [1.54, 1.807) is 18.2 Å². The van der Waals surface area contributed by atoms with Gasteiger partial charge in [-0.3, -0.25) is 4.79 Å². The summed E-state index contributed by atoms with van der Waals surface area (Å²) in [6.45, 7) is 5.71. The summed E-state index contributed by atoms with van der Waals surface area (Å²) < 4.78 is 0. The first-order chi connectivity index (χ1) is 7.95. The third kappa shape index (κ3) is 3.46. The lowest BCUT2D eigenvalue weighted by Crippen LogP contribution is -2.41. The summed E-state index contributed by atoms with van der Waals surface area (Å²) in [7, 11) is 0. The summed E-state index contributed by atoms with van der Waals surface area (Å²) in [6.07, 6.45) is 0. The number of carbonyl (C=O) groups excluding carboxylic acids is 1.